The van der Waals surface area contributed by atoms with Gasteiger partial charge in [0, 0.05) is 42.3 Å². The Morgan fingerprint density at radius 2 is 1.90 bits per heavy atom. The van der Waals surface area contributed by atoms with Gasteiger partial charge in [0.05, 0.1) is 16.6 Å². The van der Waals surface area contributed by atoms with E-state index in [1.165, 1.54) is 25.1 Å². The first kappa shape index (κ1) is 19.9. The van der Waals surface area contributed by atoms with Gasteiger partial charge in [-0.05, 0) is 51.8 Å². The quantitative estimate of drug-likeness (QED) is 0.626. The van der Waals surface area contributed by atoms with Crippen molar-refractivity contribution < 1.29 is 14.3 Å². The van der Waals surface area contributed by atoms with Gasteiger partial charge in [-0.1, -0.05) is 0 Å². The number of fused-ring (bicyclic) bond motifs is 2. The third kappa shape index (κ3) is 3.44. The van der Waals surface area contributed by atoms with Gasteiger partial charge in [-0.2, -0.15) is 0 Å². The summed E-state index contributed by atoms with van der Waals surface area (Å²) in [7, 11) is 0. The number of pyridine rings is 2. The maximum atomic E-state index is 14.9. The highest BCUT2D eigenvalue weighted by atomic mass is 19.1. The van der Waals surface area contributed by atoms with Crippen molar-refractivity contribution in [2.24, 2.45) is 0 Å². The number of carboxylic acids is 1. The molecule has 0 radical (unpaired) electrons. The summed E-state index contributed by atoms with van der Waals surface area (Å²) < 4.78 is 16.6. The standard InChI is InChI=1S/C23H25FN4O3/c1-23(2,3)28-11-16(22(30)31)20(29)15-6-12-7-17(24)19(8-18(12)26-21(15)28)27-9-14(10-27)25-13-4-5-13/h6-8,11,13-14,25H,4-5,9-10H2,1-3H3,(H,30,31). The summed E-state index contributed by atoms with van der Waals surface area (Å²) in [4.78, 5) is 31.1. The number of anilines is 1. The van der Waals surface area contributed by atoms with Gasteiger partial charge < -0.3 is 19.9 Å². The fourth-order valence-corrected chi connectivity index (χ4v) is 4.19. The van der Waals surface area contributed by atoms with Gasteiger partial charge in [0.2, 0.25) is 5.43 Å². The van der Waals surface area contributed by atoms with Crippen LogP contribution in [-0.4, -0.2) is 45.8 Å². The topological polar surface area (TPSA) is 87.5 Å². The molecule has 7 nitrogen and oxygen atoms in total. The maximum absolute atomic E-state index is 14.9. The minimum Gasteiger partial charge on any atom is -0.477 e. The summed E-state index contributed by atoms with van der Waals surface area (Å²) in [5, 5.41) is 13.7. The molecule has 0 atom stereocenters. The lowest BCUT2D eigenvalue weighted by Gasteiger charge is -2.41. The average Bonchev–Trinajstić information content (AvgIpc) is 3.46. The molecule has 0 amide bonds. The molecule has 2 aliphatic rings. The maximum Gasteiger partial charge on any atom is 0.341 e. The van der Waals surface area contributed by atoms with Crippen LogP contribution in [0.5, 0.6) is 0 Å². The molecule has 1 saturated heterocycles. The Bertz CT molecular complexity index is 1280. The number of hydrogen-bond donors (Lipinski definition) is 2. The Morgan fingerprint density at radius 1 is 1.19 bits per heavy atom. The van der Waals surface area contributed by atoms with Crippen molar-refractivity contribution in [3.05, 3.63) is 46.0 Å². The minimum atomic E-state index is -1.29. The monoisotopic (exact) mass is 424 g/mol. The van der Waals surface area contributed by atoms with Crippen LogP contribution in [0.25, 0.3) is 21.9 Å². The lowest BCUT2D eigenvalue weighted by atomic mass is 10.0. The molecule has 0 bridgehead atoms. The lowest BCUT2D eigenvalue weighted by molar-refractivity contribution is 0.0694. The van der Waals surface area contributed by atoms with Crippen LogP contribution in [0, 0.1) is 5.82 Å². The molecule has 2 aromatic heterocycles. The summed E-state index contributed by atoms with van der Waals surface area (Å²) in [6.45, 7) is 7.25. The van der Waals surface area contributed by atoms with Crippen LogP contribution in [0.1, 0.15) is 44.0 Å². The number of carboxylic acid groups (broad SMARTS) is 1. The van der Waals surface area contributed by atoms with Crippen molar-refractivity contribution in [3.63, 3.8) is 0 Å². The van der Waals surface area contributed by atoms with Crippen LogP contribution < -0.4 is 15.6 Å². The third-order valence-corrected chi connectivity index (χ3v) is 6.06. The van der Waals surface area contributed by atoms with E-state index in [1.807, 2.05) is 25.7 Å². The number of benzene rings is 1. The van der Waals surface area contributed by atoms with Gasteiger partial charge in [-0.3, -0.25) is 4.79 Å². The van der Waals surface area contributed by atoms with E-state index >= 15 is 0 Å². The predicted octanol–water partition coefficient (Wildman–Crippen LogP) is 3.08. The van der Waals surface area contributed by atoms with E-state index in [0.717, 1.165) is 13.1 Å². The number of halogens is 1. The van der Waals surface area contributed by atoms with Crippen molar-refractivity contribution in [1.82, 2.24) is 14.9 Å². The number of hydrogen-bond acceptors (Lipinski definition) is 5. The van der Waals surface area contributed by atoms with Crippen LogP contribution in [-0.2, 0) is 5.54 Å². The van der Waals surface area contributed by atoms with Crippen molar-refractivity contribution >= 4 is 33.6 Å². The first-order valence-corrected chi connectivity index (χ1v) is 10.6. The molecule has 8 heteroatoms. The van der Waals surface area contributed by atoms with Gasteiger partial charge >= 0.3 is 5.97 Å². The van der Waals surface area contributed by atoms with Crippen LogP contribution >= 0.6 is 0 Å². The SMILES string of the molecule is CC(C)(C)n1cc(C(=O)O)c(=O)c2cc3cc(F)c(N4CC(NC5CC5)C4)cc3nc21. The summed E-state index contributed by atoms with van der Waals surface area (Å²) in [6, 6.07) is 5.65. The van der Waals surface area contributed by atoms with E-state index in [1.54, 1.807) is 16.7 Å². The molecule has 2 N–H and O–H groups in total. The number of nitrogens with zero attached hydrogens (tertiary/aromatic N) is 3. The number of rotatable bonds is 4. The molecular formula is C23H25FN4O3. The fourth-order valence-electron chi connectivity index (χ4n) is 4.19. The molecule has 5 rings (SSSR count). The summed E-state index contributed by atoms with van der Waals surface area (Å²) in [5.74, 6) is -1.66. The molecule has 0 unspecified atom stereocenters. The molecule has 1 aromatic carbocycles. The first-order valence-electron chi connectivity index (χ1n) is 10.6. The zero-order chi connectivity index (χ0) is 22.1. The molecule has 3 aromatic rings. The van der Waals surface area contributed by atoms with Crippen molar-refractivity contribution in [2.45, 2.75) is 51.2 Å². The molecule has 162 valence electrons. The Morgan fingerprint density at radius 3 is 2.52 bits per heavy atom. The Balaban J connectivity index is 1.63. The average molecular weight is 424 g/mol. The van der Waals surface area contributed by atoms with Gasteiger partial charge in [-0.25, -0.2) is 14.2 Å². The number of aromatic nitrogens is 2. The molecular weight excluding hydrogens is 399 g/mol. The zero-order valence-corrected chi connectivity index (χ0v) is 17.8. The van der Waals surface area contributed by atoms with Crippen LogP contribution in [0.4, 0.5) is 10.1 Å². The van der Waals surface area contributed by atoms with E-state index < -0.39 is 16.9 Å². The number of carbonyl (C=O) groups is 1. The lowest BCUT2D eigenvalue weighted by Crippen LogP contribution is -2.58. The van der Waals surface area contributed by atoms with Crippen molar-refractivity contribution in [3.8, 4) is 0 Å². The third-order valence-electron chi connectivity index (χ3n) is 6.06. The van der Waals surface area contributed by atoms with E-state index in [-0.39, 0.29) is 16.8 Å². The summed E-state index contributed by atoms with van der Waals surface area (Å²) in [6.07, 6.45) is 3.79. The highest BCUT2D eigenvalue weighted by Crippen LogP contribution is 2.31. The zero-order valence-electron chi connectivity index (χ0n) is 17.8. The summed E-state index contributed by atoms with van der Waals surface area (Å²) >= 11 is 0. The smallest absolute Gasteiger partial charge is 0.341 e. The molecule has 1 aliphatic heterocycles. The number of nitrogens with one attached hydrogen (secondary N) is 1. The van der Waals surface area contributed by atoms with E-state index in [9.17, 15) is 19.1 Å². The molecule has 2 fully saturated rings. The predicted molar refractivity (Wildman–Crippen MR) is 118 cm³/mol. The Labute approximate surface area is 178 Å². The second-order valence-electron chi connectivity index (χ2n) is 9.62. The Hall–Kier alpha value is -3.00. The van der Waals surface area contributed by atoms with E-state index in [4.69, 9.17) is 0 Å². The fraction of sp³-hybridized carbons (Fsp3) is 0.435. The molecule has 3 heterocycles. The van der Waals surface area contributed by atoms with Crippen molar-refractivity contribution in [1.29, 1.82) is 0 Å². The largest absolute Gasteiger partial charge is 0.477 e. The van der Waals surface area contributed by atoms with Gasteiger partial charge in [0.25, 0.3) is 0 Å². The molecule has 31 heavy (non-hydrogen) atoms. The molecule has 1 aliphatic carbocycles. The van der Waals surface area contributed by atoms with Gasteiger partial charge in [0.15, 0.2) is 0 Å². The van der Waals surface area contributed by atoms with Crippen LogP contribution in [0.3, 0.4) is 0 Å². The van der Waals surface area contributed by atoms with Crippen molar-refractivity contribution in [2.75, 3.05) is 18.0 Å². The normalized spacial score (nSPS) is 17.4. The summed E-state index contributed by atoms with van der Waals surface area (Å²) in [5.41, 5.74) is 0.0280. The number of aromatic carboxylic acids is 1. The molecule has 0 spiro atoms. The van der Waals surface area contributed by atoms with E-state index in [2.05, 4.69) is 10.3 Å². The highest BCUT2D eigenvalue weighted by Gasteiger charge is 2.33. The first-order chi connectivity index (χ1) is 14.6. The second kappa shape index (κ2) is 6.75. The van der Waals surface area contributed by atoms with Gasteiger partial charge in [-0.15, -0.1) is 0 Å². The van der Waals surface area contributed by atoms with E-state index in [0.29, 0.717) is 34.3 Å². The van der Waals surface area contributed by atoms with Crippen LogP contribution in [0.2, 0.25) is 0 Å². The van der Waals surface area contributed by atoms with Gasteiger partial charge in [0.1, 0.15) is 17.0 Å². The molecule has 1 saturated carbocycles. The van der Waals surface area contributed by atoms with Crippen LogP contribution in [0.15, 0.2) is 29.2 Å². The minimum absolute atomic E-state index is 0.173. The Kier molecular flexibility index (Phi) is 4.34. The highest BCUT2D eigenvalue weighted by molar-refractivity contribution is 5.97. The second-order valence-corrected chi connectivity index (χ2v) is 9.62.